The number of anilines is 1. The van der Waals surface area contributed by atoms with Crippen molar-refractivity contribution in [2.24, 2.45) is 5.92 Å². The third-order valence-corrected chi connectivity index (χ3v) is 4.13. The second-order valence-electron chi connectivity index (χ2n) is 6.69. The molecular formula is C19H28N2O4. The maximum atomic E-state index is 12.6. The number of ether oxygens (including phenoxy) is 2. The molecule has 1 aromatic rings. The van der Waals surface area contributed by atoms with E-state index in [1.54, 1.807) is 18.9 Å². The molecule has 0 aromatic heterocycles. The highest BCUT2D eigenvalue weighted by molar-refractivity contribution is 6.00. The second-order valence-corrected chi connectivity index (χ2v) is 6.69. The first-order valence-corrected chi connectivity index (χ1v) is 8.77. The quantitative estimate of drug-likeness (QED) is 0.723. The van der Waals surface area contributed by atoms with Crippen LogP contribution in [-0.2, 0) is 14.3 Å². The average molecular weight is 348 g/mol. The fourth-order valence-corrected chi connectivity index (χ4v) is 2.92. The molecule has 25 heavy (non-hydrogen) atoms. The topological polar surface area (TPSA) is 59.1 Å². The summed E-state index contributed by atoms with van der Waals surface area (Å²) in [6.45, 7) is 8.01. The molecule has 1 heterocycles. The van der Waals surface area contributed by atoms with Gasteiger partial charge in [-0.05, 0) is 25.0 Å². The molecule has 1 unspecified atom stereocenters. The van der Waals surface area contributed by atoms with Crippen molar-refractivity contribution in [2.45, 2.75) is 33.3 Å². The Morgan fingerprint density at radius 3 is 2.76 bits per heavy atom. The van der Waals surface area contributed by atoms with Crippen LogP contribution in [0.4, 0.5) is 5.69 Å². The Kier molecular flexibility index (Phi) is 6.82. The number of carbonyl (C=O) groups is 2. The molecule has 1 aliphatic rings. The summed E-state index contributed by atoms with van der Waals surface area (Å²) in [6.07, 6.45) is -0.256. The molecule has 2 amide bonds. The summed E-state index contributed by atoms with van der Waals surface area (Å²) >= 11 is 0. The predicted molar refractivity (Wildman–Crippen MR) is 96.8 cm³/mol. The van der Waals surface area contributed by atoms with E-state index in [1.807, 2.05) is 29.2 Å². The van der Waals surface area contributed by atoms with Crippen molar-refractivity contribution in [2.75, 3.05) is 38.3 Å². The maximum Gasteiger partial charge on any atom is 0.267 e. The van der Waals surface area contributed by atoms with Crippen LogP contribution in [0.15, 0.2) is 24.3 Å². The Balaban J connectivity index is 2.05. The van der Waals surface area contributed by atoms with Crippen molar-refractivity contribution in [3.63, 3.8) is 0 Å². The lowest BCUT2D eigenvalue weighted by molar-refractivity contribution is -0.132. The monoisotopic (exact) mass is 348 g/mol. The van der Waals surface area contributed by atoms with Crippen molar-refractivity contribution in [3.8, 4) is 5.75 Å². The lowest BCUT2D eigenvalue weighted by Crippen LogP contribution is -2.46. The second kappa shape index (κ2) is 8.85. The van der Waals surface area contributed by atoms with E-state index in [0.29, 0.717) is 37.9 Å². The van der Waals surface area contributed by atoms with Crippen LogP contribution in [0.25, 0.3) is 0 Å². The Morgan fingerprint density at radius 1 is 1.36 bits per heavy atom. The van der Waals surface area contributed by atoms with Crippen LogP contribution in [0.2, 0.25) is 0 Å². The molecule has 0 saturated heterocycles. The normalized spacial score (nSPS) is 16.6. The van der Waals surface area contributed by atoms with Crippen molar-refractivity contribution in [3.05, 3.63) is 24.3 Å². The number of para-hydroxylation sites is 2. The van der Waals surface area contributed by atoms with Gasteiger partial charge in [-0.3, -0.25) is 9.59 Å². The molecule has 0 radical (unpaired) electrons. The van der Waals surface area contributed by atoms with Crippen LogP contribution >= 0.6 is 0 Å². The first-order valence-electron chi connectivity index (χ1n) is 8.77. The van der Waals surface area contributed by atoms with E-state index in [2.05, 4.69) is 13.8 Å². The molecule has 0 bridgehead atoms. The third-order valence-electron chi connectivity index (χ3n) is 4.13. The first kappa shape index (κ1) is 19.2. The summed E-state index contributed by atoms with van der Waals surface area (Å²) in [7, 11) is 1.63. The van der Waals surface area contributed by atoms with E-state index >= 15 is 0 Å². The zero-order chi connectivity index (χ0) is 18.4. The number of hydrogen-bond acceptors (Lipinski definition) is 4. The van der Waals surface area contributed by atoms with Gasteiger partial charge in [-0.2, -0.15) is 0 Å². The molecule has 0 saturated carbocycles. The van der Waals surface area contributed by atoms with Crippen molar-refractivity contribution in [1.82, 2.24) is 4.90 Å². The number of nitrogens with zero attached hydrogens (tertiary/aromatic N) is 2. The van der Waals surface area contributed by atoms with E-state index in [-0.39, 0.29) is 18.2 Å². The van der Waals surface area contributed by atoms with Crippen molar-refractivity contribution < 1.29 is 19.1 Å². The molecule has 0 fully saturated rings. The molecule has 1 aliphatic heterocycles. The van der Waals surface area contributed by atoms with Crippen molar-refractivity contribution >= 4 is 17.5 Å². The van der Waals surface area contributed by atoms with Gasteiger partial charge >= 0.3 is 0 Å². The van der Waals surface area contributed by atoms with E-state index in [0.717, 1.165) is 5.69 Å². The molecular weight excluding hydrogens is 320 g/mol. The van der Waals surface area contributed by atoms with Crippen LogP contribution in [0.5, 0.6) is 5.75 Å². The van der Waals surface area contributed by atoms with E-state index in [4.69, 9.17) is 9.47 Å². The Hall–Kier alpha value is -2.08. The first-order chi connectivity index (χ1) is 11.9. The summed E-state index contributed by atoms with van der Waals surface area (Å²) in [6, 6.07) is 7.43. The molecule has 138 valence electrons. The van der Waals surface area contributed by atoms with Gasteiger partial charge in [-0.15, -0.1) is 0 Å². The third kappa shape index (κ3) is 4.95. The molecule has 1 atom stereocenters. The highest BCUT2D eigenvalue weighted by Crippen LogP contribution is 2.33. The minimum absolute atomic E-state index is 0.0372. The lowest BCUT2D eigenvalue weighted by atomic mass is 10.1. The number of benzene rings is 1. The van der Waals surface area contributed by atoms with Crippen LogP contribution in [0.3, 0.4) is 0 Å². The average Bonchev–Trinajstić information content (AvgIpc) is 2.58. The summed E-state index contributed by atoms with van der Waals surface area (Å²) < 4.78 is 10.7. The summed E-state index contributed by atoms with van der Waals surface area (Å²) in [5.74, 6) is 0.987. The van der Waals surface area contributed by atoms with E-state index in [1.165, 1.54) is 0 Å². The number of fused-ring (bicyclic) bond motifs is 1. The fourth-order valence-electron chi connectivity index (χ4n) is 2.92. The van der Waals surface area contributed by atoms with Gasteiger partial charge < -0.3 is 19.3 Å². The highest BCUT2D eigenvalue weighted by atomic mass is 16.5. The largest absolute Gasteiger partial charge is 0.479 e. The van der Waals surface area contributed by atoms with Gasteiger partial charge in [0.2, 0.25) is 5.91 Å². The van der Waals surface area contributed by atoms with Gasteiger partial charge in [0.15, 0.2) is 6.10 Å². The molecule has 0 N–H and O–H groups in total. The zero-order valence-electron chi connectivity index (χ0n) is 15.5. The summed E-state index contributed by atoms with van der Waals surface area (Å²) in [4.78, 5) is 28.6. The summed E-state index contributed by atoms with van der Waals surface area (Å²) in [5.41, 5.74) is 0.728. The van der Waals surface area contributed by atoms with Crippen molar-refractivity contribution in [1.29, 1.82) is 0 Å². The lowest BCUT2D eigenvalue weighted by Gasteiger charge is -2.33. The van der Waals surface area contributed by atoms with Crippen LogP contribution in [0.1, 0.15) is 27.2 Å². The Morgan fingerprint density at radius 2 is 2.08 bits per heavy atom. The Labute approximate surface area is 149 Å². The maximum absolute atomic E-state index is 12.6. The predicted octanol–water partition coefficient (Wildman–Crippen LogP) is 2.32. The number of amides is 2. The highest BCUT2D eigenvalue weighted by Gasteiger charge is 2.31. The van der Waals surface area contributed by atoms with Gasteiger partial charge in [0, 0.05) is 33.2 Å². The number of methoxy groups -OCH3 is 1. The van der Waals surface area contributed by atoms with Crippen LogP contribution in [0, 0.1) is 5.92 Å². The molecule has 0 aliphatic carbocycles. The van der Waals surface area contributed by atoms with Gasteiger partial charge in [0.25, 0.3) is 5.91 Å². The smallest absolute Gasteiger partial charge is 0.267 e. The molecule has 6 nitrogen and oxygen atoms in total. The zero-order valence-corrected chi connectivity index (χ0v) is 15.5. The minimum Gasteiger partial charge on any atom is -0.479 e. The number of rotatable bonds is 8. The fraction of sp³-hybridized carbons (Fsp3) is 0.579. The van der Waals surface area contributed by atoms with E-state index < -0.39 is 6.10 Å². The van der Waals surface area contributed by atoms with Gasteiger partial charge in [0.05, 0.1) is 12.3 Å². The Bertz CT molecular complexity index is 603. The summed E-state index contributed by atoms with van der Waals surface area (Å²) in [5, 5.41) is 0. The van der Waals surface area contributed by atoms with Crippen LogP contribution < -0.4 is 9.64 Å². The van der Waals surface area contributed by atoms with Gasteiger partial charge in [-0.25, -0.2) is 0 Å². The van der Waals surface area contributed by atoms with Gasteiger partial charge in [0.1, 0.15) is 5.75 Å². The molecule has 0 spiro atoms. The van der Waals surface area contributed by atoms with E-state index in [9.17, 15) is 9.59 Å². The minimum atomic E-state index is -0.537. The molecule has 2 rings (SSSR count). The standard InChI is InChI=1S/C19H28N2O4/c1-14(2)13-20(11-12-24-4)18(22)9-10-21-16-7-5-6-8-17(16)25-15(3)19(21)23/h5-8,14-15H,9-13H2,1-4H3. The molecule has 6 heteroatoms. The molecule has 1 aromatic carbocycles. The van der Waals surface area contributed by atoms with Gasteiger partial charge in [-0.1, -0.05) is 26.0 Å². The van der Waals surface area contributed by atoms with Crippen LogP contribution in [-0.4, -0.2) is 56.2 Å². The number of hydrogen-bond donors (Lipinski definition) is 0. The number of carbonyl (C=O) groups excluding carboxylic acids is 2. The SMILES string of the molecule is COCCN(CC(C)C)C(=O)CCN1C(=O)C(C)Oc2ccccc21.